The number of primary amides is 2. The number of nitrogens with zero attached hydrogens (tertiary/aromatic N) is 5. The molecule has 1 aliphatic heterocycles. The van der Waals surface area contributed by atoms with Gasteiger partial charge in [0.25, 0.3) is 0 Å². The van der Waals surface area contributed by atoms with Crippen LogP contribution < -0.4 is 22.9 Å². The summed E-state index contributed by atoms with van der Waals surface area (Å²) in [5, 5.41) is 0. The van der Waals surface area contributed by atoms with Crippen LogP contribution in [0.1, 0.15) is 31.8 Å². The van der Waals surface area contributed by atoms with Crippen molar-refractivity contribution in [1.29, 1.82) is 0 Å². The van der Waals surface area contributed by atoms with Gasteiger partial charge in [0.05, 0.1) is 35.3 Å². The summed E-state index contributed by atoms with van der Waals surface area (Å²) in [6, 6.07) is 6.89. The molecule has 1 fully saturated rings. The molecular weight excluding hydrogens is 486 g/mol. The van der Waals surface area contributed by atoms with Gasteiger partial charge in [0, 0.05) is 43.9 Å². The Balaban J connectivity index is 1.43. The molecule has 0 aliphatic carbocycles. The summed E-state index contributed by atoms with van der Waals surface area (Å²) in [7, 11) is 0. The molecule has 0 spiro atoms. The number of allylic oxidation sites excluding steroid dienone is 2. The zero-order chi connectivity index (χ0) is 27.0. The van der Waals surface area contributed by atoms with Crippen LogP contribution in [0.25, 0.3) is 22.1 Å². The topological polar surface area (TPSA) is 186 Å². The summed E-state index contributed by atoms with van der Waals surface area (Å²) in [5.41, 5.74) is 29.1. The molecule has 8 N–H and O–H groups in total. The number of aryl methyl sites for hydroxylation is 1. The van der Waals surface area contributed by atoms with Crippen LogP contribution in [-0.4, -0.2) is 62.1 Å². The first-order chi connectivity index (χ1) is 18.2. The van der Waals surface area contributed by atoms with Crippen molar-refractivity contribution in [3.05, 3.63) is 58.7 Å². The molecule has 3 heterocycles. The summed E-state index contributed by atoms with van der Waals surface area (Å²) in [5.74, 6) is -0.332. The minimum Gasteiger partial charge on any atom is -0.379 e. The molecule has 1 aliphatic rings. The van der Waals surface area contributed by atoms with Gasteiger partial charge < -0.3 is 36.8 Å². The van der Waals surface area contributed by atoms with Gasteiger partial charge >= 0.3 is 0 Å². The maximum atomic E-state index is 12.0. The van der Waals surface area contributed by atoms with E-state index >= 15 is 0 Å². The van der Waals surface area contributed by atoms with E-state index in [-0.39, 0.29) is 0 Å². The Labute approximate surface area is 218 Å². The molecule has 1 saturated heterocycles. The van der Waals surface area contributed by atoms with Crippen molar-refractivity contribution in [2.24, 2.45) is 11.5 Å². The van der Waals surface area contributed by atoms with Gasteiger partial charge in [-0.15, -0.1) is 0 Å². The Morgan fingerprint density at radius 1 is 0.868 bits per heavy atom. The van der Waals surface area contributed by atoms with E-state index in [0.29, 0.717) is 66.9 Å². The summed E-state index contributed by atoms with van der Waals surface area (Å²) < 4.78 is 9.27. The summed E-state index contributed by atoms with van der Waals surface area (Å²) in [4.78, 5) is 34.8. The number of nitrogen functional groups attached to an aromatic ring is 2. The Bertz CT molecular complexity index is 1580. The first-order valence-corrected chi connectivity index (χ1v) is 12.3. The third kappa shape index (κ3) is 4.78. The van der Waals surface area contributed by atoms with Gasteiger partial charge in [0.15, 0.2) is 0 Å². The number of benzene rings is 2. The molecule has 0 unspecified atom stereocenters. The first-order valence-electron chi connectivity index (χ1n) is 12.3. The number of carbonyl (C=O) groups excluding carboxylic acids is 2. The van der Waals surface area contributed by atoms with Crippen LogP contribution >= 0.6 is 0 Å². The van der Waals surface area contributed by atoms with Gasteiger partial charge in [0.2, 0.25) is 23.7 Å². The van der Waals surface area contributed by atoms with E-state index in [4.69, 9.17) is 27.7 Å². The number of anilines is 2. The van der Waals surface area contributed by atoms with Crippen molar-refractivity contribution in [3.63, 3.8) is 0 Å². The minimum atomic E-state index is -0.510. The second-order valence-electron chi connectivity index (χ2n) is 9.41. The first kappa shape index (κ1) is 25.2. The molecule has 2 aromatic carbocycles. The van der Waals surface area contributed by atoms with Crippen molar-refractivity contribution < 1.29 is 14.3 Å². The third-order valence-electron chi connectivity index (χ3n) is 6.82. The van der Waals surface area contributed by atoms with E-state index < -0.39 is 11.8 Å². The molecular formula is C26H31N9O3. The summed E-state index contributed by atoms with van der Waals surface area (Å²) >= 11 is 0. The third-order valence-corrected chi connectivity index (χ3v) is 6.82. The molecule has 0 radical (unpaired) electrons. The van der Waals surface area contributed by atoms with E-state index in [1.165, 1.54) is 0 Å². The molecule has 0 atom stereocenters. The number of imidazole rings is 2. The Kier molecular flexibility index (Phi) is 6.74. The second kappa shape index (κ2) is 10.1. The molecule has 0 bridgehead atoms. The SMILES string of the molecule is Cc1cc(C(N)=O)cc2nc(N)n(C/C=C/Cn3c(N)nc4cc(C(N)=O)cc(CN5CCOCC5)c43)c12. The largest absolute Gasteiger partial charge is 0.379 e. The van der Waals surface area contributed by atoms with Crippen molar-refractivity contribution in [3.8, 4) is 0 Å². The Morgan fingerprint density at radius 2 is 1.39 bits per heavy atom. The molecule has 12 heteroatoms. The monoisotopic (exact) mass is 517 g/mol. The zero-order valence-corrected chi connectivity index (χ0v) is 21.2. The number of rotatable bonds is 8. The van der Waals surface area contributed by atoms with Crippen molar-refractivity contribution in [2.75, 3.05) is 37.8 Å². The number of hydrogen-bond donors (Lipinski definition) is 4. The number of fused-ring (bicyclic) bond motifs is 2. The van der Waals surface area contributed by atoms with Gasteiger partial charge in [-0.05, 0) is 42.3 Å². The molecule has 198 valence electrons. The van der Waals surface area contributed by atoms with Crippen LogP contribution in [0, 0.1) is 6.92 Å². The van der Waals surface area contributed by atoms with Crippen LogP contribution in [0.15, 0.2) is 36.4 Å². The van der Waals surface area contributed by atoms with Crippen molar-refractivity contribution in [2.45, 2.75) is 26.6 Å². The summed E-state index contributed by atoms with van der Waals surface area (Å²) in [6.07, 6.45) is 3.96. The molecule has 5 rings (SSSR count). The normalized spacial score (nSPS) is 14.7. The maximum Gasteiger partial charge on any atom is 0.248 e. The number of carbonyl (C=O) groups is 2. The van der Waals surface area contributed by atoms with Gasteiger partial charge in [-0.1, -0.05) is 12.2 Å². The Hall–Kier alpha value is -4.42. The average molecular weight is 518 g/mol. The van der Waals surface area contributed by atoms with E-state index in [1.54, 1.807) is 18.2 Å². The fourth-order valence-electron chi connectivity index (χ4n) is 5.00. The Morgan fingerprint density at radius 3 is 1.97 bits per heavy atom. The van der Waals surface area contributed by atoms with Crippen LogP contribution in [0.3, 0.4) is 0 Å². The quantitative estimate of drug-likeness (QED) is 0.250. The van der Waals surface area contributed by atoms with Gasteiger partial charge in [-0.2, -0.15) is 0 Å². The van der Waals surface area contributed by atoms with Gasteiger partial charge in [-0.3, -0.25) is 14.5 Å². The lowest BCUT2D eigenvalue weighted by molar-refractivity contribution is 0.0343. The smallest absolute Gasteiger partial charge is 0.248 e. The molecule has 2 amide bonds. The fraction of sp³-hybridized carbons (Fsp3) is 0.308. The van der Waals surface area contributed by atoms with Crippen LogP contribution in [-0.2, 0) is 24.4 Å². The van der Waals surface area contributed by atoms with E-state index in [1.807, 2.05) is 34.3 Å². The number of amides is 2. The summed E-state index contributed by atoms with van der Waals surface area (Å²) in [6.45, 7) is 6.38. The van der Waals surface area contributed by atoms with E-state index in [9.17, 15) is 9.59 Å². The van der Waals surface area contributed by atoms with Crippen LogP contribution in [0.2, 0.25) is 0 Å². The van der Waals surface area contributed by atoms with Gasteiger partial charge in [-0.25, -0.2) is 9.97 Å². The van der Waals surface area contributed by atoms with Crippen LogP contribution in [0.5, 0.6) is 0 Å². The lowest BCUT2D eigenvalue weighted by atomic mass is 10.1. The lowest BCUT2D eigenvalue weighted by Gasteiger charge is -2.27. The van der Waals surface area contributed by atoms with Crippen molar-refractivity contribution in [1.82, 2.24) is 24.0 Å². The average Bonchev–Trinajstić information content (AvgIpc) is 3.37. The minimum absolute atomic E-state index is 0.341. The number of hydrogen-bond acceptors (Lipinski definition) is 8. The van der Waals surface area contributed by atoms with Crippen LogP contribution in [0.4, 0.5) is 11.9 Å². The van der Waals surface area contributed by atoms with E-state index in [2.05, 4.69) is 14.9 Å². The predicted octanol–water partition coefficient (Wildman–Crippen LogP) is 1.15. The second-order valence-corrected chi connectivity index (χ2v) is 9.41. The number of aromatic nitrogens is 4. The zero-order valence-electron chi connectivity index (χ0n) is 21.2. The van der Waals surface area contributed by atoms with Gasteiger partial charge in [0.1, 0.15) is 0 Å². The molecule has 38 heavy (non-hydrogen) atoms. The standard InChI is InChI=1S/C26H31N9O3/c1-15-10-16(23(27)36)12-19-21(15)34(25(29)31-19)4-2-3-5-35-22-18(14-33-6-8-38-9-7-33)11-17(24(28)37)13-20(22)32-26(35)30/h2-3,10-13H,4-9,14H2,1H3,(H2,27,36)(H2,28,37)(H2,29,31)(H2,30,32)/b3-2+. The highest BCUT2D eigenvalue weighted by atomic mass is 16.5. The highest BCUT2D eigenvalue weighted by Gasteiger charge is 2.19. The number of morpholine rings is 1. The predicted molar refractivity (Wildman–Crippen MR) is 145 cm³/mol. The van der Waals surface area contributed by atoms with E-state index in [0.717, 1.165) is 35.2 Å². The molecule has 12 nitrogen and oxygen atoms in total. The molecule has 0 saturated carbocycles. The highest BCUT2D eigenvalue weighted by Crippen LogP contribution is 2.26. The van der Waals surface area contributed by atoms with Crippen molar-refractivity contribution >= 4 is 45.8 Å². The molecule has 2 aromatic heterocycles. The lowest BCUT2D eigenvalue weighted by Crippen LogP contribution is -2.35. The molecule has 4 aromatic rings. The fourth-order valence-corrected chi connectivity index (χ4v) is 5.00. The number of nitrogens with two attached hydrogens (primary N) is 4. The maximum absolute atomic E-state index is 12.0. The number of ether oxygens (including phenoxy) is 1. The highest BCUT2D eigenvalue weighted by molar-refractivity contribution is 5.98.